The number of fused-ring (bicyclic) bond motifs is 1. The highest BCUT2D eigenvalue weighted by atomic mass is 16.3. The highest BCUT2D eigenvalue weighted by molar-refractivity contribution is 5.68. The standard InChI is InChI=1S/C13H14O.C2H6/c1-10-2-5-12-7-4-11(9-14)8-13(12)6-3-10;1-2/h2-8,10,14H,9H2,1H3;1-2H3. The second-order valence-electron chi connectivity index (χ2n) is 3.70. The van der Waals surface area contributed by atoms with Crippen molar-refractivity contribution < 1.29 is 5.11 Å². The van der Waals surface area contributed by atoms with Gasteiger partial charge in [-0.05, 0) is 28.7 Å². The first-order valence-electron chi connectivity index (χ1n) is 5.90. The van der Waals surface area contributed by atoms with Crippen LogP contribution in [-0.4, -0.2) is 5.11 Å². The van der Waals surface area contributed by atoms with Gasteiger partial charge in [0.05, 0.1) is 6.61 Å². The molecular formula is C15H20O. The molecule has 1 heteroatoms. The molecule has 1 atom stereocenters. The summed E-state index contributed by atoms with van der Waals surface area (Å²) < 4.78 is 0. The third-order valence-electron chi connectivity index (χ3n) is 2.49. The third-order valence-corrected chi connectivity index (χ3v) is 2.49. The molecule has 0 bridgehead atoms. The van der Waals surface area contributed by atoms with Crippen LogP contribution < -0.4 is 0 Å². The largest absolute Gasteiger partial charge is 0.392 e. The molecule has 0 saturated carbocycles. The smallest absolute Gasteiger partial charge is 0.0682 e. The van der Waals surface area contributed by atoms with E-state index in [9.17, 15) is 0 Å². The molecule has 0 aromatic heterocycles. The second kappa shape index (κ2) is 6.29. The maximum Gasteiger partial charge on any atom is 0.0682 e. The molecule has 0 amide bonds. The number of hydrogen-bond acceptors (Lipinski definition) is 1. The van der Waals surface area contributed by atoms with Gasteiger partial charge < -0.3 is 5.11 Å². The topological polar surface area (TPSA) is 20.2 Å². The van der Waals surface area contributed by atoms with Crippen LogP contribution >= 0.6 is 0 Å². The van der Waals surface area contributed by atoms with Gasteiger partial charge in [-0.25, -0.2) is 0 Å². The molecule has 0 saturated heterocycles. The van der Waals surface area contributed by atoms with E-state index in [0.717, 1.165) is 5.56 Å². The Morgan fingerprint density at radius 1 is 1.06 bits per heavy atom. The van der Waals surface area contributed by atoms with Crippen LogP contribution in [0.15, 0.2) is 30.4 Å². The Balaban J connectivity index is 0.000000606. The van der Waals surface area contributed by atoms with Crippen LogP contribution in [0.1, 0.15) is 37.5 Å². The summed E-state index contributed by atoms with van der Waals surface area (Å²) >= 11 is 0. The zero-order valence-corrected chi connectivity index (χ0v) is 10.3. The van der Waals surface area contributed by atoms with Gasteiger partial charge in [-0.15, -0.1) is 0 Å². The highest BCUT2D eigenvalue weighted by Crippen LogP contribution is 2.20. The maximum absolute atomic E-state index is 9.02. The molecule has 1 N–H and O–H groups in total. The number of aliphatic hydroxyl groups is 1. The van der Waals surface area contributed by atoms with Gasteiger partial charge in [0.25, 0.3) is 0 Å². The first-order chi connectivity index (χ1) is 7.79. The minimum Gasteiger partial charge on any atom is -0.392 e. The van der Waals surface area contributed by atoms with E-state index in [1.165, 1.54) is 11.1 Å². The minimum absolute atomic E-state index is 0.111. The van der Waals surface area contributed by atoms with Crippen molar-refractivity contribution in [3.63, 3.8) is 0 Å². The molecule has 86 valence electrons. The molecule has 1 aliphatic rings. The molecule has 0 aliphatic heterocycles. The predicted molar refractivity (Wildman–Crippen MR) is 70.9 cm³/mol. The molecule has 0 heterocycles. The molecule has 0 fully saturated rings. The van der Waals surface area contributed by atoms with E-state index < -0.39 is 0 Å². The average Bonchev–Trinajstić information content (AvgIpc) is 2.54. The summed E-state index contributed by atoms with van der Waals surface area (Å²) in [6, 6.07) is 6.06. The van der Waals surface area contributed by atoms with Gasteiger partial charge in [0.2, 0.25) is 0 Å². The highest BCUT2D eigenvalue weighted by Gasteiger charge is 2.02. The van der Waals surface area contributed by atoms with Crippen LogP contribution in [0.3, 0.4) is 0 Å². The van der Waals surface area contributed by atoms with Crippen molar-refractivity contribution >= 4 is 12.2 Å². The zero-order chi connectivity index (χ0) is 12.0. The summed E-state index contributed by atoms with van der Waals surface area (Å²) in [5.74, 6) is 0.486. The Bertz CT molecular complexity index is 388. The molecule has 1 nitrogen and oxygen atoms in total. The lowest BCUT2D eigenvalue weighted by Gasteiger charge is -2.02. The number of allylic oxidation sites excluding steroid dienone is 2. The molecule has 16 heavy (non-hydrogen) atoms. The fourth-order valence-electron chi connectivity index (χ4n) is 1.59. The quantitative estimate of drug-likeness (QED) is 0.755. The summed E-state index contributed by atoms with van der Waals surface area (Å²) in [6.07, 6.45) is 8.62. The van der Waals surface area contributed by atoms with E-state index in [1.807, 2.05) is 26.0 Å². The summed E-state index contributed by atoms with van der Waals surface area (Å²) in [7, 11) is 0. The van der Waals surface area contributed by atoms with Crippen molar-refractivity contribution in [1.82, 2.24) is 0 Å². The summed E-state index contributed by atoms with van der Waals surface area (Å²) in [6.45, 7) is 6.27. The molecule has 2 rings (SSSR count). The first kappa shape index (κ1) is 12.7. The Hall–Kier alpha value is -1.34. The van der Waals surface area contributed by atoms with Crippen LogP contribution in [0, 0.1) is 5.92 Å². The minimum atomic E-state index is 0.111. The van der Waals surface area contributed by atoms with Gasteiger partial charge in [0.15, 0.2) is 0 Å². The van der Waals surface area contributed by atoms with E-state index in [1.54, 1.807) is 0 Å². The maximum atomic E-state index is 9.02. The molecule has 0 radical (unpaired) electrons. The molecule has 1 aliphatic carbocycles. The Kier molecular flexibility index (Phi) is 5.00. The van der Waals surface area contributed by atoms with E-state index >= 15 is 0 Å². The van der Waals surface area contributed by atoms with Crippen LogP contribution in [0.4, 0.5) is 0 Å². The monoisotopic (exact) mass is 216 g/mol. The first-order valence-corrected chi connectivity index (χ1v) is 5.90. The lowest BCUT2D eigenvalue weighted by molar-refractivity contribution is 0.282. The van der Waals surface area contributed by atoms with E-state index in [4.69, 9.17) is 5.11 Å². The van der Waals surface area contributed by atoms with Crippen molar-refractivity contribution in [2.75, 3.05) is 0 Å². The van der Waals surface area contributed by atoms with Crippen molar-refractivity contribution in [1.29, 1.82) is 0 Å². The van der Waals surface area contributed by atoms with Crippen molar-refractivity contribution in [2.24, 2.45) is 5.92 Å². The van der Waals surface area contributed by atoms with Gasteiger partial charge in [-0.2, -0.15) is 0 Å². The van der Waals surface area contributed by atoms with Gasteiger partial charge >= 0.3 is 0 Å². The SMILES string of the molecule is CC.CC1C=Cc2ccc(CO)cc2C=C1. The normalized spacial score (nSPS) is 17.1. The summed E-state index contributed by atoms with van der Waals surface area (Å²) in [5, 5.41) is 9.02. The third kappa shape index (κ3) is 3.07. The second-order valence-corrected chi connectivity index (χ2v) is 3.70. The van der Waals surface area contributed by atoms with E-state index in [0.29, 0.717) is 5.92 Å². The molecule has 0 spiro atoms. The predicted octanol–water partition coefficient (Wildman–Crippen LogP) is 3.88. The lowest BCUT2D eigenvalue weighted by Crippen LogP contribution is -1.86. The average molecular weight is 216 g/mol. The Morgan fingerprint density at radius 3 is 2.31 bits per heavy atom. The molecule has 1 unspecified atom stereocenters. The fraction of sp³-hybridized carbons (Fsp3) is 0.333. The molecule has 1 aromatic carbocycles. The number of hydrogen-bond donors (Lipinski definition) is 1. The number of benzene rings is 1. The molecule has 1 aromatic rings. The van der Waals surface area contributed by atoms with Crippen molar-refractivity contribution in [3.05, 3.63) is 47.0 Å². The Morgan fingerprint density at radius 2 is 1.69 bits per heavy atom. The summed E-state index contributed by atoms with van der Waals surface area (Å²) in [4.78, 5) is 0. The van der Waals surface area contributed by atoms with Gasteiger partial charge in [0.1, 0.15) is 0 Å². The molecular weight excluding hydrogens is 196 g/mol. The number of aliphatic hydroxyl groups excluding tert-OH is 1. The van der Waals surface area contributed by atoms with Crippen molar-refractivity contribution in [3.8, 4) is 0 Å². The Labute approximate surface area is 98.1 Å². The van der Waals surface area contributed by atoms with Crippen molar-refractivity contribution in [2.45, 2.75) is 27.4 Å². The van der Waals surface area contributed by atoms with Crippen LogP contribution in [0.2, 0.25) is 0 Å². The van der Waals surface area contributed by atoms with Crippen LogP contribution in [0.25, 0.3) is 12.2 Å². The van der Waals surface area contributed by atoms with Crippen LogP contribution in [0.5, 0.6) is 0 Å². The zero-order valence-electron chi connectivity index (χ0n) is 10.3. The van der Waals surface area contributed by atoms with E-state index in [-0.39, 0.29) is 6.61 Å². The van der Waals surface area contributed by atoms with Gasteiger partial charge in [0, 0.05) is 0 Å². The van der Waals surface area contributed by atoms with Crippen LogP contribution in [-0.2, 0) is 6.61 Å². The van der Waals surface area contributed by atoms with E-state index in [2.05, 4.69) is 37.3 Å². The van der Waals surface area contributed by atoms with Gasteiger partial charge in [-0.3, -0.25) is 0 Å². The number of rotatable bonds is 1. The fourth-order valence-corrected chi connectivity index (χ4v) is 1.59. The summed E-state index contributed by atoms with van der Waals surface area (Å²) in [5.41, 5.74) is 3.39. The lowest BCUT2D eigenvalue weighted by atomic mass is 10.0. The van der Waals surface area contributed by atoms with Gasteiger partial charge in [-0.1, -0.05) is 57.2 Å².